The predicted molar refractivity (Wildman–Crippen MR) is 234 cm³/mol. The van der Waals surface area contributed by atoms with Crippen LogP contribution in [0.2, 0.25) is 0 Å². The summed E-state index contributed by atoms with van der Waals surface area (Å²) in [5, 5.41) is 28.6. The number of rotatable bonds is 38. The summed E-state index contributed by atoms with van der Waals surface area (Å²) in [6.45, 7) is 1.95. The molecule has 12 heteroatoms. The van der Waals surface area contributed by atoms with Crippen molar-refractivity contribution in [3.8, 4) is 0 Å². The highest BCUT2D eigenvalue weighted by molar-refractivity contribution is 7.47. The smallest absolute Gasteiger partial charge is 0.462 e. The number of allylic oxidation sites excluding steroid dienone is 15. The standard InChI is InChI=1S/C46H75O11P/c1-3-5-7-9-11-13-15-17-18-19-20-22-24-26-28-30-32-36-46(51)57-44(41-56-58(52,53)55-39-43(49)38-47)40-54-45(50)37-33-35-42(48)34-31-29-27-25-23-21-16-14-12-10-8-6-4-2/h6,8,12,14,17-18,20-23,26-29,31,34,42-44,47-49H,3-5,7,9-11,13,15-16,19,24-25,30,32-33,35-41H2,1-2H3,(H,52,53)/b8-6-,14-12-,18-17-,22-20-,23-21-,28-26-,29-27-,34-31+/t42?,43-,44+/m0/s1. The first-order valence-corrected chi connectivity index (χ1v) is 22.8. The monoisotopic (exact) mass is 835 g/mol. The van der Waals surface area contributed by atoms with Gasteiger partial charge in [0.25, 0.3) is 0 Å². The van der Waals surface area contributed by atoms with Crippen molar-refractivity contribution in [2.24, 2.45) is 0 Å². The van der Waals surface area contributed by atoms with Crippen molar-refractivity contribution in [3.05, 3.63) is 97.2 Å². The number of unbranched alkanes of at least 4 members (excludes halogenated alkanes) is 7. The Balaban J connectivity index is 4.61. The molecule has 0 aromatic heterocycles. The molecule has 0 aliphatic heterocycles. The molecule has 0 rings (SSSR count). The topological polar surface area (TPSA) is 169 Å². The second kappa shape index (κ2) is 40.6. The van der Waals surface area contributed by atoms with Crippen LogP contribution >= 0.6 is 7.82 Å². The van der Waals surface area contributed by atoms with Crippen molar-refractivity contribution in [1.82, 2.24) is 0 Å². The summed E-state index contributed by atoms with van der Waals surface area (Å²) in [6, 6.07) is 0. The maximum absolute atomic E-state index is 12.6. The zero-order valence-corrected chi connectivity index (χ0v) is 36.2. The third kappa shape index (κ3) is 39.7. The first-order valence-electron chi connectivity index (χ1n) is 21.3. The third-order valence-corrected chi connectivity index (χ3v) is 9.28. The van der Waals surface area contributed by atoms with E-state index in [9.17, 15) is 29.3 Å². The number of ether oxygens (including phenoxy) is 2. The number of carbonyl (C=O) groups excluding carboxylic acids is 2. The van der Waals surface area contributed by atoms with E-state index in [0.717, 1.165) is 44.9 Å². The van der Waals surface area contributed by atoms with Gasteiger partial charge in [0.15, 0.2) is 6.10 Å². The minimum Gasteiger partial charge on any atom is -0.462 e. The number of phosphoric acid groups is 1. The van der Waals surface area contributed by atoms with E-state index < -0.39 is 64.5 Å². The van der Waals surface area contributed by atoms with Crippen molar-refractivity contribution in [3.63, 3.8) is 0 Å². The van der Waals surface area contributed by atoms with Crippen molar-refractivity contribution < 1.29 is 52.9 Å². The normalized spacial score (nSPS) is 15.3. The Bertz CT molecular complexity index is 1300. The minimum atomic E-state index is -4.68. The van der Waals surface area contributed by atoms with E-state index in [0.29, 0.717) is 25.7 Å². The Morgan fingerprint density at radius 1 is 0.603 bits per heavy atom. The fourth-order valence-corrected chi connectivity index (χ4v) is 5.83. The number of aliphatic hydroxyl groups excluding tert-OH is 3. The molecule has 0 aromatic rings. The molecule has 4 N–H and O–H groups in total. The molecule has 0 aromatic carbocycles. The average Bonchev–Trinajstić information content (AvgIpc) is 3.20. The Hall–Kier alpha value is -3.15. The van der Waals surface area contributed by atoms with Crippen molar-refractivity contribution in [2.75, 3.05) is 26.4 Å². The zero-order valence-electron chi connectivity index (χ0n) is 35.3. The van der Waals surface area contributed by atoms with E-state index in [4.69, 9.17) is 19.1 Å². The van der Waals surface area contributed by atoms with E-state index in [1.54, 1.807) is 12.2 Å². The third-order valence-electron chi connectivity index (χ3n) is 8.33. The van der Waals surface area contributed by atoms with Crippen LogP contribution in [-0.2, 0) is 32.7 Å². The van der Waals surface area contributed by atoms with E-state index in [1.165, 1.54) is 38.5 Å². The molecule has 2 unspecified atom stereocenters. The van der Waals surface area contributed by atoms with Crippen molar-refractivity contribution in [1.29, 1.82) is 0 Å². The van der Waals surface area contributed by atoms with Gasteiger partial charge in [0.1, 0.15) is 12.7 Å². The van der Waals surface area contributed by atoms with Gasteiger partial charge in [-0.15, -0.1) is 0 Å². The number of esters is 2. The second-order valence-corrected chi connectivity index (χ2v) is 15.3. The van der Waals surface area contributed by atoms with Gasteiger partial charge in [-0.1, -0.05) is 143 Å². The van der Waals surface area contributed by atoms with Gasteiger partial charge in [-0.25, -0.2) is 4.57 Å². The van der Waals surface area contributed by atoms with Crippen LogP contribution in [0.15, 0.2) is 97.2 Å². The summed E-state index contributed by atoms with van der Waals surface area (Å²) < 4.78 is 32.5. The minimum absolute atomic E-state index is 0.00543. The van der Waals surface area contributed by atoms with Crippen LogP contribution in [0.3, 0.4) is 0 Å². The Labute approximate surface area is 349 Å². The molecule has 0 radical (unpaired) electrons. The molecule has 0 saturated carbocycles. The van der Waals surface area contributed by atoms with E-state index in [2.05, 4.69) is 79.1 Å². The molecule has 0 heterocycles. The molecule has 11 nitrogen and oxygen atoms in total. The molecule has 0 saturated heterocycles. The molecule has 4 atom stereocenters. The zero-order chi connectivity index (χ0) is 42.8. The molecule has 0 aliphatic carbocycles. The molecule has 330 valence electrons. The van der Waals surface area contributed by atoms with E-state index in [-0.39, 0.29) is 12.8 Å². The average molecular weight is 835 g/mol. The molecular weight excluding hydrogens is 759 g/mol. The summed E-state index contributed by atoms with van der Waals surface area (Å²) in [4.78, 5) is 35.0. The van der Waals surface area contributed by atoms with Gasteiger partial charge in [-0.3, -0.25) is 18.6 Å². The molecule has 0 spiro atoms. The summed E-state index contributed by atoms with van der Waals surface area (Å²) in [5.74, 6) is -1.20. The lowest BCUT2D eigenvalue weighted by Gasteiger charge is -2.20. The van der Waals surface area contributed by atoms with Gasteiger partial charge >= 0.3 is 19.8 Å². The first-order chi connectivity index (χ1) is 28.1. The van der Waals surface area contributed by atoms with Crippen LogP contribution in [-0.4, -0.2) is 76.9 Å². The summed E-state index contributed by atoms with van der Waals surface area (Å²) in [5.41, 5.74) is 0. The fourth-order valence-electron chi connectivity index (χ4n) is 5.04. The summed E-state index contributed by atoms with van der Waals surface area (Å²) in [7, 11) is -4.68. The Kier molecular flexibility index (Phi) is 38.4. The highest BCUT2D eigenvalue weighted by atomic mass is 31.2. The summed E-state index contributed by atoms with van der Waals surface area (Å²) in [6.07, 6.45) is 45.6. The van der Waals surface area contributed by atoms with Gasteiger partial charge in [0.2, 0.25) is 0 Å². The van der Waals surface area contributed by atoms with Gasteiger partial charge in [-0.05, 0) is 77.0 Å². The lowest BCUT2D eigenvalue weighted by atomic mass is 10.1. The van der Waals surface area contributed by atoms with Gasteiger partial charge in [-0.2, -0.15) is 0 Å². The van der Waals surface area contributed by atoms with Crippen LogP contribution in [0.5, 0.6) is 0 Å². The number of carbonyl (C=O) groups is 2. The lowest BCUT2D eigenvalue weighted by molar-refractivity contribution is -0.161. The molecular formula is C46H75O11P. The maximum atomic E-state index is 12.6. The van der Waals surface area contributed by atoms with E-state index in [1.807, 2.05) is 24.3 Å². The molecule has 58 heavy (non-hydrogen) atoms. The Morgan fingerprint density at radius 3 is 1.76 bits per heavy atom. The first kappa shape index (κ1) is 54.9. The maximum Gasteiger partial charge on any atom is 0.472 e. The lowest BCUT2D eigenvalue weighted by Crippen LogP contribution is -2.29. The van der Waals surface area contributed by atoms with E-state index >= 15 is 0 Å². The SMILES string of the molecule is CC/C=C\C/C=C\C/C=C\C/C=C\C=C\C(O)CCCC(=O)OC[C@H](COP(=O)(O)OC[C@@H](O)CO)OC(=O)CCC/C=C\C/C=C\C/C=C\CCCCCCCC. The molecule has 0 bridgehead atoms. The quantitative estimate of drug-likeness (QED) is 0.0154. The molecule has 0 amide bonds. The number of aliphatic hydroxyl groups is 3. The predicted octanol–water partition coefficient (Wildman–Crippen LogP) is 10.2. The van der Waals surface area contributed by atoms with Crippen LogP contribution in [0.25, 0.3) is 0 Å². The summed E-state index contributed by atoms with van der Waals surface area (Å²) >= 11 is 0. The van der Waals surface area contributed by atoms with Crippen LogP contribution in [0, 0.1) is 0 Å². The number of hydrogen-bond acceptors (Lipinski definition) is 10. The van der Waals surface area contributed by atoms with Crippen molar-refractivity contribution in [2.45, 2.75) is 154 Å². The van der Waals surface area contributed by atoms with Crippen LogP contribution in [0.1, 0.15) is 136 Å². The fraction of sp³-hybridized carbons (Fsp3) is 0.609. The van der Waals surface area contributed by atoms with Gasteiger partial charge in [0, 0.05) is 12.8 Å². The molecule has 0 fully saturated rings. The van der Waals surface area contributed by atoms with Crippen LogP contribution < -0.4 is 0 Å². The number of phosphoric ester groups is 1. The largest absolute Gasteiger partial charge is 0.472 e. The Morgan fingerprint density at radius 2 is 1.14 bits per heavy atom. The van der Waals surface area contributed by atoms with Gasteiger partial charge in [0.05, 0.1) is 25.9 Å². The number of hydrogen-bond donors (Lipinski definition) is 4. The highest BCUT2D eigenvalue weighted by Gasteiger charge is 2.27. The van der Waals surface area contributed by atoms with Crippen LogP contribution in [0.4, 0.5) is 0 Å². The second-order valence-electron chi connectivity index (χ2n) is 13.8. The highest BCUT2D eigenvalue weighted by Crippen LogP contribution is 2.43. The van der Waals surface area contributed by atoms with Gasteiger partial charge < -0.3 is 29.7 Å². The molecule has 0 aliphatic rings. The van der Waals surface area contributed by atoms with Crippen molar-refractivity contribution >= 4 is 19.8 Å².